The molecule has 1 aromatic carbocycles. The van der Waals surface area contributed by atoms with Crippen LogP contribution in [0.1, 0.15) is 22.7 Å². The lowest BCUT2D eigenvalue weighted by Gasteiger charge is -2.25. The van der Waals surface area contributed by atoms with E-state index in [1.165, 1.54) is 4.90 Å². The highest BCUT2D eigenvalue weighted by atomic mass is 16.3. The van der Waals surface area contributed by atoms with Crippen LogP contribution in [0.3, 0.4) is 0 Å². The minimum absolute atomic E-state index is 0.0630. The van der Waals surface area contributed by atoms with Gasteiger partial charge in [-0.1, -0.05) is 42.5 Å². The van der Waals surface area contributed by atoms with Gasteiger partial charge >= 0.3 is 0 Å². The van der Waals surface area contributed by atoms with E-state index in [4.69, 9.17) is 0 Å². The van der Waals surface area contributed by atoms with Crippen LogP contribution in [0, 0.1) is 0 Å². The Morgan fingerprint density at radius 2 is 1.64 bits per heavy atom. The normalized spacial score (nSPS) is 18.4. The highest BCUT2D eigenvalue weighted by Crippen LogP contribution is 2.39. The number of nitrogens with zero attached hydrogens (tertiary/aromatic N) is 3. The van der Waals surface area contributed by atoms with Gasteiger partial charge in [0.25, 0.3) is 11.7 Å². The van der Waals surface area contributed by atoms with Crippen LogP contribution in [0.2, 0.25) is 0 Å². The van der Waals surface area contributed by atoms with Crippen LogP contribution in [0.25, 0.3) is 5.76 Å². The number of ketones is 1. The number of aliphatic hydroxyl groups excluding tert-OH is 1. The van der Waals surface area contributed by atoms with Crippen molar-refractivity contribution < 1.29 is 14.7 Å². The van der Waals surface area contributed by atoms with Gasteiger partial charge < -0.3 is 10.0 Å². The lowest BCUT2D eigenvalue weighted by molar-refractivity contribution is -0.140. The molecule has 138 valence electrons. The number of aliphatic hydroxyl groups is 1. The van der Waals surface area contributed by atoms with Crippen LogP contribution in [0.5, 0.6) is 0 Å². The number of pyridine rings is 2. The predicted octanol–water partition coefficient (Wildman–Crippen LogP) is 3.10. The van der Waals surface area contributed by atoms with Gasteiger partial charge in [-0.05, 0) is 23.3 Å². The number of hydrogen-bond acceptors (Lipinski definition) is 5. The maximum atomic E-state index is 12.9. The maximum Gasteiger partial charge on any atom is 0.295 e. The van der Waals surface area contributed by atoms with Crippen LogP contribution in [0.4, 0.5) is 0 Å². The van der Waals surface area contributed by atoms with Gasteiger partial charge in [-0.2, -0.15) is 0 Å². The SMILES string of the molecule is O=C1C(=O)N(Cc2cccnc2)C(c2cccnc2)C1=C(O)c1ccccc1. The van der Waals surface area contributed by atoms with Crippen molar-refractivity contribution in [3.8, 4) is 0 Å². The lowest BCUT2D eigenvalue weighted by Crippen LogP contribution is -2.29. The fourth-order valence-electron chi connectivity index (χ4n) is 3.37. The number of Topliss-reactive ketones (excluding diaryl/α,β-unsaturated/α-hetero) is 1. The van der Waals surface area contributed by atoms with Crippen LogP contribution in [-0.4, -0.2) is 31.7 Å². The van der Waals surface area contributed by atoms with Crippen LogP contribution in [-0.2, 0) is 16.1 Å². The number of benzene rings is 1. The average Bonchev–Trinajstić information content (AvgIpc) is 3.00. The third-order valence-electron chi connectivity index (χ3n) is 4.66. The molecule has 0 spiro atoms. The van der Waals surface area contributed by atoms with Crippen molar-refractivity contribution in [1.29, 1.82) is 0 Å². The van der Waals surface area contributed by atoms with Gasteiger partial charge in [0.05, 0.1) is 11.6 Å². The Morgan fingerprint density at radius 1 is 0.929 bits per heavy atom. The molecule has 6 heteroatoms. The molecule has 1 aliphatic rings. The Kier molecular flexibility index (Phi) is 4.68. The molecule has 1 aliphatic heterocycles. The molecule has 1 unspecified atom stereocenters. The zero-order valence-electron chi connectivity index (χ0n) is 14.9. The van der Waals surface area contributed by atoms with Gasteiger partial charge in [-0.25, -0.2) is 0 Å². The molecule has 0 radical (unpaired) electrons. The largest absolute Gasteiger partial charge is 0.507 e. The van der Waals surface area contributed by atoms with E-state index in [9.17, 15) is 14.7 Å². The van der Waals surface area contributed by atoms with E-state index in [-0.39, 0.29) is 17.9 Å². The first kappa shape index (κ1) is 17.6. The number of carbonyl (C=O) groups excluding carboxylic acids is 2. The van der Waals surface area contributed by atoms with E-state index in [2.05, 4.69) is 9.97 Å². The first-order valence-corrected chi connectivity index (χ1v) is 8.79. The molecule has 1 atom stereocenters. The predicted molar refractivity (Wildman–Crippen MR) is 103 cm³/mol. The van der Waals surface area contributed by atoms with Crippen LogP contribution in [0.15, 0.2) is 85.0 Å². The topological polar surface area (TPSA) is 83.4 Å². The summed E-state index contributed by atoms with van der Waals surface area (Å²) in [4.78, 5) is 35.3. The summed E-state index contributed by atoms with van der Waals surface area (Å²) in [5, 5.41) is 10.9. The highest BCUT2D eigenvalue weighted by Gasteiger charge is 2.46. The van der Waals surface area contributed by atoms with E-state index in [0.29, 0.717) is 11.1 Å². The zero-order chi connectivity index (χ0) is 19.5. The van der Waals surface area contributed by atoms with E-state index < -0.39 is 17.7 Å². The second kappa shape index (κ2) is 7.44. The molecule has 4 rings (SSSR count). The summed E-state index contributed by atoms with van der Waals surface area (Å²) in [6.45, 7) is 0.198. The van der Waals surface area contributed by atoms with Gasteiger partial charge in [-0.3, -0.25) is 19.6 Å². The zero-order valence-corrected chi connectivity index (χ0v) is 14.9. The average molecular weight is 371 g/mol. The second-order valence-electron chi connectivity index (χ2n) is 6.44. The van der Waals surface area contributed by atoms with Crippen molar-refractivity contribution in [2.45, 2.75) is 12.6 Å². The number of amides is 1. The Hall–Kier alpha value is -3.80. The minimum Gasteiger partial charge on any atom is -0.507 e. The van der Waals surface area contributed by atoms with Crippen LogP contribution < -0.4 is 0 Å². The van der Waals surface area contributed by atoms with Crippen molar-refractivity contribution in [3.05, 3.63) is 102 Å². The maximum absolute atomic E-state index is 12.9. The molecule has 1 saturated heterocycles. The van der Waals surface area contributed by atoms with Crippen LogP contribution >= 0.6 is 0 Å². The first-order valence-electron chi connectivity index (χ1n) is 8.79. The van der Waals surface area contributed by atoms with E-state index in [0.717, 1.165) is 5.56 Å². The molecular weight excluding hydrogens is 354 g/mol. The summed E-state index contributed by atoms with van der Waals surface area (Å²) >= 11 is 0. The lowest BCUT2D eigenvalue weighted by atomic mass is 9.96. The van der Waals surface area contributed by atoms with Crippen molar-refractivity contribution in [1.82, 2.24) is 14.9 Å². The first-order chi connectivity index (χ1) is 13.7. The van der Waals surface area contributed by atoms with Gasteiger partial charge in [0, 0.05) is 36.9 Å². The highest BCUT2D eigenvalue weighted by molar-refractivity contribution is 6.46. The fraction of sp³-hybridized carbons (Fsp3) is 0.0909. The molecule has 1 fully saturated rings. The third kappa shape index (κ3) is 3.16. The van der Waals surface area contributed by atoms with E-state index in [1.807, 2.05) is 12.1 Å². The smallest absolute Gasteiger partial charge is 0.295 e. The van der Waals surface area contributed by atoms with Crippen molar-refractivity contribution >= 4 is 17.4 Å². The fourth-order valence-corrected chi connectivity index (χ4v) is 3.37. The Labute approximate surface area is 161 Å². The summed E-state index contributed by atoms with van der Waals surface area (Å²) in [6, 6.07) is 15.2. The molecular formula is C22H17N3O3. The number of aromatic nitrogens is 2. The summed E-state index contributed by atoms with van der Waals surface area (Å²) in [6.07, 6.45) is 6.52. The van der Waals surface area contributed by atoms with Gasteiger partial charge in [0.1, 0.15) is 5.76 Å². The Bertz CT molecular complexity index is 1030. The molecule has 6 nitrogen and oxygen atoms in total. The van der Waals surface area contributed by atoms with E-state index >= 15 is 0 Å². The van der Waals surface area contributed by atoms with E-state index in [1.54, 1.807) is 67.3 Å². The quantitative estimate of drug-likeness (QED) is 0.433. The summed E-state index contributed by atoms with van der Waals surface area (Å²) in [7, 11) is 0. The monoisotopic (exact) mass is 371 g/mol. The van der Waals surface area contributed by atoms with Crippen molar-refractivity contribution in [3.63, 3.8) is 0 Å². The molecule has 0 aliphatic carbocycles. The summed E-state index contributed by atoms with van der Waals surface area (Å²) in [5.74, 6) is -1.56. The summed E-state index contributed by atoms with van der Waals surface area (Å²) < 4.78 is 0. The number of hydrogen-bond donors (Lipinski definition) is 1. The number of rotatable bonds is 4. The van der Waals surface area contributed by atoms with Crippen molar-refractivity contribution in [2.75, 3.05) is 0 Å². The standard InChI is InChI=1S/C22H17N3O3/c26-20(16-7-2-1-3-8-16)18-19(17-9-5-11-24-13-17)25(22(28)21(18)27)14-15-6-4-10-23-12-15/h1-13,19,26H,14H2. The molecule has 0 bridgehead atoms. The molecule has 1 N–H and O–H groups in total. The second-order valence-corrected chi connectivity index (χ2v) is 6.44. The number of carbonyl (C=O) groups is 2. The molecule has 1 amide bonds. The van der Waals surface area contributed by atoms with Crippen molar-refractivity contribution in [2.24, 2.45) is 0 Å². The Balaban J connectivity index is 1.85. The molecule has 3 heterocycles. The summed E-state index contributed by atoms with van der Waals surface area (Å²) in [5.41, 5.74) is 1.99. The minimum atomic E-state index is -0.728. The third-order valence-corrected chi connectivity index (χ3v) is 4.66. The molecule has 28 heavy (non-hydrogen) atoms. The molecule has 3 aromatic rings. The molecule has 2 aromatic heterocycles. The van der Waals surface area contributed by atoms with Gasteiger partial charge in [0.2, 0.25) is 0 Å². The van der Waals surface area contributed by atoms with Gasteiger partial charge in [0.15, 0.2) is 0 Å². The molecule has 0 saturated carbocycles. The van der Waals surface area contributed by atoms with Gasteiger partial charge in [-0.15, -0.1) is 0 Å². The Morgan fingerprint density at radius 3 is 2.29 bits per heavy atom. The number of likely N-dealkylation sites (tertiary alicyclic amines) is 1.